The fraction of sp³-hybridized carbons (Fsp3) is 0.500. The van der Waals surface area contributed by atoms with Crippen molar-refractivity contribution < 1.29 is 24.2 Å². The first-order valence-electron chi connectivity index (χ1n) is 7.03. The molecular formula is C16H24O5. The molecule has 0 heterocycles. The standard InChI is InChI=1S/C12H16O3.C4H8O2/c1-10(2)12(13)15-9-8-14-11-6-4-3-5-7-11;1-2-3-4(5)6/h3-7,10H,8-9H2,1-2H3;2-3H2,1H3,(H,5,6). The molecule has 0 aliphatic carbocycles. The molecule has 5 heteroatoms. The Labute approximate surface area is 125 Å². The summed E-state index contributed by atoms with van der Waals surface area (Å²) in [4.78, 5) is 20.7. The molecule has 0 fully saturated rings. The third-order valence-electron chi connectivity index (χ3n) is 2.27. The van der Waals surface area contributed by atoms with Gasteiger partial charge in [0.1, 0.15) is 19.0 Å². The lowest BCUT2D eigenvalue weighted by atomic mass is 10.2. The van der Waals surface area contributed by atoms with Crippen LogP contribution in [0, 0.1) is 5.92 Å². The highest BCUT2D eigenvalue weighted by Crippen LogP contribution is 2.07. The van der Waals surface area contributed by atoms with E-state index < -0.39 is 5.97 Å². The second-order valence-corrected chi connectivity index (χ2v) is 4.63. The van der Waals surface area contributed by atoms with Crippen molar-refractivity contribution in [3.63, 3.8) is 0 Å². The van der Waals surface area contributed by atoms with Crippen LogP contribution in [0.5, 0.6) is 5.75 Å². The van der Waals surface area contributed by atoms with E-state index in [1.807, 2.05) is 37.3 Å². The molecule has 0 atom stereocenters. The second-order valence-electron chi connectivity index (χ2n) is 4.63. The van der Waals surface area contributed by atoms with Crippen molar-refractivity contribution in [2.24, 2.45) is 5.92 Å². The minimum Gasteiger partial charge on any atom is -0.490 e. The van der Waals surface area contributed by atoms with Crippen LogP contribution in [0.25, 0.3) is 0 Å². The van der Waals surface area contributed by atoms with Gasteiger partial charge in [-0.15, -0.1) is 0 Å². The Morgan fingerprint density at radius 2 is 1.76 bits per heavy atom. The summed E-state index contributed by atoms with van der Waals surface area (Å²) in [5.41, 5.74) is 0. The SMILES string of the molecule is CC(C)C(=O)OCCOc1ccccc1.CCCC(=O)O. The first-order chi connectivity index (χ1) is 9.97. The summed E-state index contributed by atoms with van der Waals surface area (Å²) in [6, 6.07) is 9.45. The Morgan fingerprint density at radius 1 is 1.14 bits per heavy atom. The lowest BCUT2D eigenvalue weighted by Crippen LogP contribution is -2.16. The van der Waals surface area contributed by atoms with Gasteiger partial charge in [-0.2, -0.15) is 0 Å². The van der Waals surface area contributed by atoms with Crippen molar-refractivity contribution >= 4 is 11.9 Å². The predicted octanol–water partition coefficient (Wildman–Crippen LogP) is 3.14. The zero-order chi connectivity index (χ0) is 16.1. The molecule has 0 saturated carbocycles. The fourth-order valence-electron chi connectivity index (χ4n) is 1.20. The largest absolute Gasteiger partial charge is 0.490 e. The molecule has 0 amide bonds. The summed E-state index contributed by atoms with van der Waals surface area (Å²) >= 11 is 0. The summed E-state index contributed by atoms with van der Waals surface area (Å²) in [6.45, 7) is 6.14. The van der Waals surface area contributed by atoms with Gasteiger partial charge >= 0.3 is 11.9 Å². The van der Waals surface area contributed by atoms with Crippen LogP contribution in [0.1, 0.15) is 33.6 Å². The fourth-order valence-corrected chi connectivity index (χ4v) is 1.20. The van der Waals surface area contributed by atoms with E-state index in [1.165, 1.54) is 0 Å². The third kappa shape index (κ3) is 11.5. The minimum atomic E-state index is -0.711. The lowest BCUT2D eigenvalue weighted by molar-refractivity contribution is -0.148. The molecular weight excluding hydrogens is 272 g/mol. The maximum atomic E-state index is 11.1. The first-order valence-corrected chi connectivity index (χ1v) is 7.03. The molecule has 0 bridgehead atoms. The molecule has 1 rings (SSSR count). The predicted molar refractivity (Wildman–Crippen MR) is 80.3 cm³/mol. The molecule has 1 aromatic rings. The van der Waals surface area contributed by atoms with Gasteiger partial charge in [0.15, 0.2) is 0 Å². The van der Waals surface area contributed by atoms with Crippen LogP contribution in [-0.4, -0.2) is 30.3 Å². The molecule has 0 unspecified atom stereocenters. The molecule has 1 aromatic carbocycles. The highest BCUT2D eigenvalue weighted by atomic mass is 16.6. The number of rotatable bonds is 7. The average molecular weight is 296 g/mol. The van der Waals surface area contributed by atoms with Gasteiger partial charge in [-0.1, -0.05) is 39.0 Å². The van der Waals surface area contributed by atoms with Crippen LogP contribution >= 0.6 is 0 Å². The maximum absolute atomic E-state index is 11.1. The molecule has 118 valence electrons. The number of para-hydroxylation sites is 1. The van der Waals surface area contributed by atoms with E-state index in [-0.39, 0.29) is 11.9 Å². The normalized spacial score (nSPS) is 9.52. The molecule has 0 aromatic heterocycles. The van der Waals surface area contributed by atoms with Gasteiger partial charge in [0.25, 0.3) is 0 Å². The molecule has 0 saturated heterocycles. The van der Waals surface area contributed by atoms with E-state index in [4.69, 9.17) is 14.6 Å². The van der Waals surface area contributed by atoms with Crippen molar-refractivity contribution in [1.29, 1.82) is 0 Å². The summed E-state index contributed by atoms with van der Waals surface area (Å²) < 4.78 is 10.3. The third-order valence-corrected chi connectivity index (χ3v) is 2.27. The van der Waals surface area contributed by atoms with Gasteiger partial charge in [-0.05, 0) is 18.6 Å². The number of benzene rings is 1. The van der Waals surface area contributed by atoms with Crippen LogP contribution in [0.3, 0.4) is 0 Å². The molecule has 21 heavy (non-hydrogen) atoms. The number of ether oxygens (including phenoxy) is 2. The van der Waals surface area contributed by atoms with Crippen molar-refractivity contribution in [2.45, 2.75) is 33.6 Å². The highest BCUT2D eigenvalue weighted by Gasteiger charge is 2.07. The number of carboxylic acids is 1. The average Bonchev–Trinajstić information content (AvgIpc) is 2.45. The van der Waals surface area contributed by atoms with Gasteiger partial charge in [0.05, 0.1) is 5.92 Å². The number of hydrogen-bond acceptors (Lipinski definition) is 4. The smallest absolute Gasteiger partial charge is 0.308 e. The molecule has 1 N–H and O–H groups in total. The van der Waals surface area contributed by atoms with E-state index in [1.54, 1.807) is 13.8 Å². The summed E-state index contributed by atoms with van der Waals surface area (Å²) in [7, 11) is 0. The molecule has 0 spiro atoms. The summed E-state index contributed by atoms with van der Waals surface area (Å²) in [5.74, 6) is -0.191. The van der Waals surface area contributed by atoms with Crippen molar-refractivity contribution in [3.8, 4) is 5.75 Å². The van der Waals surface area contributed by atoms with Gasteiger partial charge < -0.3 is 14.6 Å². The number of carbonyl (C=O) groups excluding carboxylic acids is 1. The topological polar surface area (TPSA) is 72.8 Å². The quantitative estimate of drug-likeness (QED) is 0.618. The van der Waals surface area contributed by atoms with Crippen molar-refractivity contribution in [3.05, 3.63) is 30.3 Å². The summed E-state index contributed by atoms with van der Waals surface area (Å²) in [6.07, 6.45) is 1.02. The number of carbonyl (C=O) groups is 2. The van der Waals surface area contributed by atoms with Crippen molar-refractivity contribution in [1.82, 2.24) is 0 Å². The zero-order valence-electron chi connectivity index (χ0n) is 12.9. The van der Waals surface area contributed by atoms with Crippen LogP contribution in [0.2, 0.25) is 0 Å². The Kier molecular flexibility index (Phi) is 10.6. The van der Waals surface area contributed by atoms with Gasteiger partial charge in [-0.3, -0.25) is 9.59 Å². The Hall–Kier alpha value is -2.04. The van der Waals surface area contributed by atoms with E-state index in [0.29, 0.717) is 19.6 Å². The Balaban J connectivity index is 0.000000567. The lowest BCUT2D eigenvalue weighted by Gasteiger charge is -2.08. The highest BCUT2D eigenvalue weighted by molar-refractivity contribution is 5.71. The molecule has 0 aliphatic rings. The summed E-state index contributed by atoms with van der Waals surface area (Å²) in [5, 5.41) is 7.91. The number of hydrogen-bond donors (Lipinski definition) is 1. The minimum absolute atomic E-state index is 0.0817. The van der Waals surface area contributed by atoms with Gasteiger partial charge in [-0.25, -0.2) is 0 Å². The van der Waals surface area contributed by atoms with E-state index >= 15 is 0 Å². The zero-order valence-corrected chi connectivity index (χ0v) is 12.9. The second kappa shape index (κ2) is 11.8. The number of esters is 1. The van der Waals surface area contributed by atoms with E-state index in [9.17, 15) is 9.59 Å². The first kappa shape index (κ1) is 19.0. The van der Waals surface area contributed by atoms with E-state index in [2.05, 4.69) is 0 Å². The van der Waals surface area contributed by atoms with Crippen LogP contribution in [0.4, 0.5) is 0 Å². The van der Waals surface area contributed by atoms with Crippen LogP contribution in [0.15, 0.2) is 30.3 Å². The Bertz CT molecular complexity index is 400. The molecule has 0 radical (unpaired) electrons. The van der Waals surface area contributed by atoms with Crippen LogP contribution < -0.4 is 4.74 Å². The van der Waals surface area contributed by atoms with Crippen molar-refractivity contribution in [2.75, 3.05) is 13.2 Å². The van der Waals surface area contributed by atoms with Crippen LogP contribution in [-0.2, 0) is 14.3 Å². The maximum Gasteiger partial charge on any atom is 0.308 e. The number of aliphatic carboxylic acids is 1. The molecule has 5 nitrogen and oxygen atoms in total. The van der Waals surface area contributed by atoms with E-state index in [0.717, 1.165) is 12.2 Å². The molecule has 0 aliphatic heterocycles. The Morgan fingerprint density at radius 3 is 2.19 bits per heavy atom. The van der Waals surface area contributed by atoms with Gasteiger partial charge in [0.2, 0.25) is 0 Å². The number of carboxylic acid groups (broad SMARTS) is 1. The monoisotopic (exact) mass is 296 g/mol. The van der Waals surface area contributed by atoms with Gasteiger partial charge in [0, 0.05) is 6.42 Å².